The average Bonchev–Trinajstić information content (AvgIpc) is 2.91. The van der Waals surface area contributed by atoms with Gasteiger partial charge in [-0.25, -0.2) is 12.7 Å². The van der Waals surface area contributed by atoms with E-state index in [2.05, 4.69) is 0 Å². The molecule has 23 heavy (non-hydrogen) atoms. The van der Waals surface area contributed by atoms with Gasteiger partial charge in [0.05, 0.1) is 11.4 Å². The van der Waals surface area contributed by atoms with Crippen LogP contribution in [0, 0.1) is 5.41 Å². The molecule has 1 heterocycles. The molecule has 120 valence electrons. The molecule has 1 N–H and O–H groups in total. The standard InChI is InChI=1S/C15H13Cl2N3O2S/c16-11-1-5-13(6-2-11)19-9-10-20(15(19)18)23(21,22)14-7-3-12(17)4-8-14/h1-8,18H,9-10H2. The van der Waals surface area contributed by atoms with Crippen molar-refractivity contribution in [3.63, 3.8) is 0 Å². The van der Waals surface area contributed by atoms with Gasteiger partial charge >= 0.3 is 0 Å². The Kier molecular flexibility index (Phi) is 4.23. The summed E-state index contributed by atoms with van der Waals surface area (Å²) in [6.07, 6.45) is 0. The molecule has 0 bridgehead atoms. The molecule has 2 aromatic carbocycles. The minimum atomic E-state index is -3.77. The molecule has 0 radical (unpaired) electrons. The molecule has 1 aliphatic heterocycles. The highest BCUT2D eigenvalue weighted by Gasteiger charge is 2.35. The van der Waals surface area contributed by atoms with Crippen LogP contribution in [0.5, 0.6) is 0 Å². The predicted octanol–water partition coefficient (Wildman–Crippen LogP) is 3.44. The monoisotopic (exact) mass is 369 g/mol. The van der Waals surface area contributed by atoms with Crippen LogP contribution in [0.4, 0.5) is 5.69 Å². The molecule has 1 fully saturated rings. The van der Waals surface area contributed by atoms with Gasteiger partial charge in [-0.3, -0.25) is 5.41 Å². The van der Waals surface area contributed by atoms with Crippen molar-refractivity contribution in [2.75, 3.05) is 18.0 Å². The summed E-state index contributed by atoms with van der Waals surface area (Å²) >= 11 is 11.7. The van der Waals surface area contributed by atoms with Crippen molar-refractivity contribution in [1.29, 1.82) is 5.41 Å². The largest absolute Gasteiger partial charge is 0.310 e. The molecule has 0 spiro atoms. The number of nitrogens with zero attached hydrogens (tertiary/aromatic N) is 2. The zero-order valence-electron chi connectivity index (χ0n) is 11.9. The Morgan fingerprint density at radius 1 is 0.870 bits per heavy atom. The SMILES string of the molecule is N=C1N(c2ccc(Cl)cc2)CCN1S(=O)(=O)c1ccc(Cl)cc1. The highest BCUT2D eigenvalue weighted by Crippen LogP contribution is 2.26. The van der Waals surface area contributed by atoms with Crippen LogP contribution in [0.15, 0.2) is 53.4 Å². The molecule has 5 nitrogen and oxygen atoms in total. The van der Waals surface area contributed by atoms with E-state index < -0.39 is 10.0 Å². The number of nitrogens with one attached hydrogen (secondary N) is 1. The lowest BCUT2D eigenvalue weighted by molar-refractivity contribution is 0.539. The third-order valence-corrected chi connectivity index (χ3v) is 5.87. The average molecular weight is 370 g/mol. The highest BCUT2D eigenvalue weighted by molar-refractivity contribution is 7.89. The van der Waals surface area contributed by atoms with Gasteiger partial charge in [-0.2, -0.15) is 0 Å². The number of benzene rings is 2. The lowest BCUT2D eigenvalue weighted by Gasteiger charge is -2.21. The van der Waals surface area contributed by atoms with E-state index in [-0.39, 0.29) is 17.4 Å². The van der Waals surface area contributed by atoms with E-state index in [1.54, 1.807) is 29.2 Å². The van der Waals surface area contributed by atoms with E-state index in [0.29, 0.717) is 16.6 Å². The smallest absolute Gasteiger partial charge is 0.266 e. The second-order valence-electron chi connectivity index (χ2n) is 4.98. The van der Waals surface area contributed by atoms with Gasteiger partial charge in [0, 0.05) is 22.3 Å². The van der Waals surface area contributed by atoms with Gasteiger partial charge in [0.1, 0.15) is 0 Å². The van der Waals surface area contributed by atoms with Crippen molar-refractivity contribution in [2.24, 2.45) is 0 Å². The molecular formula is C15H13Cl2N3O2S. The molecule has 3 rings (SSSR count). The van der Waals surface area contributed by atoms with Crippen LogP contribution in [0.2, 0.25) is 10.0 Å². The van der Waals surface area contributed by atoms with Crippen LogP contribution in [-0.4, -0.2) is 31.8 Å². The first-order valence-electron chi connectivity index (χ1n) is 6.79. The quantitative estimate of drug-likeness (QED) is 0.900. The van der Waals surface area contributed by atoms with E-state index in [1.165, 1.54) is 24.3 Å². The fraction of sp³-hybridized carbons (Fsp3) is 0.133. The molecule has 8 heteroatoms. The summed E-state index contributed by atoms with van der Waals surface area (Å²) in [6, 6.07) is 12.9. The third-order valence-electron chi connectivity index (χ3n) is 3.56. The van der Waals surface area contributed by atoms with Crippen molar-refractivity contribution >= 4 is 44.9 Å². The molecule has 0 unspecified atom stereocenters. The van der Waals surface area contributed by atoms with Crippen LogP contribution in [-0.2, 0) is 10.0 Å². The lowest BCUT2D eigenvalue weighted by atomic mass is 10.3. The van der Waals surface area contributed by atoms with Crippen molar-refractivity contribution in [3.05, 3.63) is 58.6 Å². The van der Waals surface area contributed by atoms with Gasteiger partial charge < -0.3 is 4.90 Å². The van der Waals surface area contributed by atoms with Gasteiger partial charge in [0.2, 0.25) is 5.96 Å². The van der Waals surface area contributed by atoms with Crippen molar-refractivity contribution in [1.82, 2.24) is 4.31 Å². The van der Waals surface area contributed by atoms with Crippen LogP contribution >= 0.6 is 23.2 Å². The Morgan fingerprint density at radius 3 is 1.96 bits per heavy atom. The van der Waals surface area contributed by atoms with Gasteiger partial charge in [0.15, 0.2) is 0 Å². The lowest BCUT2D eigenvalue weighted by Crippen LogP contribution is -2.36. The number of anilines is 1. The fourth-order valence-corrected chi connectivity index (χ4v) is 4.01. The van der Waals surface area contributed by atoms with Gasteiger partial charge in [0.25, 0.3) is 10.0 Å². The Hall–Kier alpha value is -1.76. The third kappa shape index (κ3) is 3.02. The van der Waals surface area contributed by atoms with E-state index in [9.17, 15) is 8.42 Å². The second-order valence-corrected chi connectivity index (χ2v) is 7.72. The molecule has 1 aliphatic rings. The number of halogens is 2. The van der Waals surface area contributed by atoms with E-state index >= 15 is 0 Å². The first-order chi connectivity index (χ1) is 10.9. The maximum absolute atomic E-state index is 12.7. The Labute approximate surface area is 144 Å². The predicted molar refractivity (Wildman–Crippen MR) is 91.9 cm³/mol. The number of guanidine groups is 1. The zero-order chi connectivity index (χ0) is 16.6. The molecule has 0 saturated carbocycles. The van der Waals surface area contributed by atoms with E-state index in [1.807, 2.05) is 0 Å². The van der Waals surface area contributed by atoms with E-state index in [0.717, 1.165) is 9.99 Å². The second kappa shape index (κ2) is 6.03. The van der Waals surface area contributed by atoms with Gasteiger partial charge in [-0.1, -0.05) is 23.2 Å². The Morgan fingerprint density at radius 2 is 1.39 bits per heavy atom. The number of hydrogen-bond acceptors (Lipinski definition) is 3. The van der Waals surface area contributed by atoms with Crippen LogP contribution < -0.4 is 4.90 Å². The maximum atomic E-state index is 12.7. The fourth-order valence-electron chi connectivity index (χ4n) is 2.38. The number of hydrogen-bond donors (Lipinski definition) is 1. The zero-order valence-corrected chi connectivity index (χ0v) is 14.2. The molecule has 2 aromatic rings. The molecule has 0 amide bonds. The summed E-state index contributed by atoms with van der Waals surface area (Å²) < 4.78 is 26.5. The minimum absolute atomic E-state index is 0.0812. The molecule has 0 aromatic heterocycles. The molecule has 0 aliphatic carbocycles. The summed E-state index contributed by atoms with van der Waals surface area (Å²) in [7, 11) is -3.77. The summed E-state index contributed by atoms with van der Waals surface area (Å²) in [5, 5.41) is 9.26. The van der Waals surface area contributed by atoms with Crippen LogP contribution in [0.1, 0.15) is 0 Å². The van der Waals surface area contributed by atoms with Crippen molar-refractivity contribution in [3.8, 4) is 0 Å². The minimum Gasteiger partial charge on any atom is -0.310 e. The first-order valence-corrected chi connectivity index (χ1v) is 8.99. The van der Waals surface area contributed by atoms with Crippen molar-refractivity contribution in [2.45, 2.75) is 4.90 Å². The summed E-state index contributed by atoms with van der Waals surface area (Å²) in [5.74, 6) is -0.0812. The molecular weight excluding hydrogens is 357 g/mol. The summed E-state index contributed by atoms with van der Waals surface area (Å²) in [4.78, 5) is 1.74. The first kappa shape index (κ1) is 16.1. The number of rotatable bonds is 3. The topological polar surface area (TPSA) is 64.5 Å². The maximum Gasteiger partial charge on any atom is 0.266 e. The van der Waals surface area contributed by atoms with Crippen molar-refractivity contribution < 1.29 is 8.42 Å². The normalized spacial score (nSPS) is 15.3. The van der Waals surface area contributed by atoms with E-state index in [4.69, 9.17) is 28.6 Å². The van der Waals surface area contributed by atoms with Crippen LogP contribution in [0.25, 0.3) is 0 Å². The van der Waals surface area contributed by atoms with Gasteiger partial charge in [-0.05, 0) is 48.5 Å². The number of sulfonamides is 1. The highest BCUT2D eigenvalue weighted by atomic mass is 35.5. The molecule has 0 atom stereocenters. The summed E-state index contributed by atoms with van der Waals surface area (Å²) in [5.41, 5.74) is 0.730. The summed E-state index contributed by atoms with van der Waals surface area (Å²) in [6.45, 7) is 0.625. The molecule has 1 saturated heterocycles. The Balaban J connectivity index is 1.89. The Bertz CT molecular complexity index is 836. The van der Waals surface area contributed by atoms with Gasteiger partial charge in [-0.15, -0.1) is 0 Å². The van der Waals surface area contributed by atoms with Crippen LogP contribution in [0.3, 0.4) is 0 Å².